The molecular formula is C20H26N2O4. The van der Waals surface area contributed by atoms with E-state index >= 15 is 0 Å². The minimum Gasteiger partial charge on any atom is -0.497 e. The first-order valence-corrected chi connectivity index (χ1v) is 8.88. The van der Waals surface area contributed by atoms with Gasteiger partial charge in [-0.3, -0.25) is 14.6 Å². The number of carboxylic acid groups (broad SMARTS) is 1. The number of carboxylic acids is 1. The Bertz CT molecular complexity index is 757. The van der Waals surface area contributed by atoms with E-state index in [1.165, 1.54) is 0 Å². The summed E-state index contributed by atoms with van der Waals surface area (Å²) in [6, 6.07) is 11.1. The van der Waals surface area contributed by atoms with E-state index in [2.05, 4.69) is 9.80 Å². The number of rotatable bonds is 7. The van der Waals surface area contributed by atoms with Gasteiger partial charge in [-0.25, -0.2) is 0 Å². The second-order valence-electron chi connectivity index (χ2n) is 6.58. The molecular weight excluding hydrogens is 332 g/mol. The molecule has 1 aliphatic heterocycles. The molecule has 6 heteroatoms. The highest BCUT2D eigenvalue weighted by Gasteiger charge is 2.30. The van der Waals surface area contributed by atoms with Gasteiger partial charge in [-0.2, -0.15) is 0 Å². The van der Waals surface area contributed by atoms with E-state index in [-0.39, 0.29) is 0 Å². The maximum atomic E-state index is 12.0. The molecule has 0 aliphatic carbocycles. The summed E-state index contributed by atoms with van der Waals surface area (Å²) in [5.41, 5.74) is 0.820. The van der Waals surface area contributed by atoms with Crippen LogP contribution >= 0.6 is 0 Å². The summed E-state index contributed by atoms with van der Waals surface area (Å²) < 4.78 is 10.4. The third-order valence-electron chi connectivity index (χ3n) is 5.00. The van der Waals surface area contributed by atoms with Crippen molar-refractivity contribution in [3.05, 3.63) is 42.0 Å². The third-order valence-corrected chi connectivity index (χ3v) is 5.00. The van der Waals surface area contributed by atoms with Crippen molar-refractivity contribution < 1.29 is 19.4 Å². The number of fused-ring (bicyclic) bond motifs is 1. The van der Waals surface area contributed by atoms with Crippen LogP contribution < -0.4 is 4.74 Å². The molecule has 0 spiro atoms. The summed E-state index contributed by atoms with van der Waals surface area (Å²) in [6.07, 6.45) is 0. The van der Waals surface area contributed by atoms with Crippen molar-refractivity contribution in [3.8, 4) is 5.75 Å². The molecule has 1 heterocycles. The fraction of sp³-hybridized carbons (Fsp3) is 0.450. The van der Waals surface area contributed by atoms with E-state index in [0.717, 1.165) is 54.8 Å². The number of aliphatic carboxylic acids is 1. The van der Waals surface area contributed by atoms with Crippen LogP contribution in [0.4, 0.5) is 0 Å². The topological polar surface area (TPSA) is 62.2 Å². The molecule has 2 aromatic rings. The van der Waals surface area contributed by atoms with E-state index in [1.807, 2.05) is 36.4 Å². The van der Waals surface area contributed by atoms with Gasteiger partial charge >= 0.3 is 5.97 Å². The molecule has 1 aliphatic rings. The van der Waals surface area contributed by atoms with Gasteiger partial charge in [-0.1, -0.05) is 18.2 Å². The molecule has 0 radical (unpaired) electrons. The second-order valence-corrected chi connectivity index (χ2v) is 6.58. The molecule has 3 rings (SSSR count). The second kappa shape index (κ2) is 8.49. The molecule has 0 bridgehead atoms. The number of carbonyl (C=O) groups is 1. The Hall–Kier alpha value is -2.15. The quantitative estimate of drug-likeness (QED) is 0.819. The Morgan fingerprint density at radius 1 is 1.08 bits per heavy atom. The van der Waals surface area contributed by atoms with Crippen molar-refractivity contribution in [1.82, 2.24) is 9.80 Å². The molecule has 1 saturated heterocycles. The first-order chi connectivity index (χ1) is 12.6. The average molecular weight is 358 g/mol. The predicted molar refractivity (Wildman–Crippen MR) is 101 cm³/mol. The van der Waals surface area contributed by atoms with Crippen molar-refractivity contribution in [2.24, 2.45) is 0 Å². The number of nitrogens with zero attached hydrogens (tertiary/aromatic N) is 2. The van der Waals surface area contributed by atoms with Crippen molar-refractivity contribution >= 4 is 16.7 Å². The standard InChI is InChI=1S/C20H26N2O4/c1-25-12-11-21-7-9-22(10-8-21)19(20(23)24)17-4-3-16-14-18(26-2)6-5-15(16)13-17/h3-6,13-14,19H,7-12H2,1-2H3,(H,23,24). The maximum Gasteiger partial charge on any atom is 0.325 e. The molecule has 1 fully saturated rings. The molecule has 0 amide bonds. The lowest BCUT2D eigenvalue weighted by Gasteiger charge is -2.37. The first kappa shape index (κ1) is 18.6. The summed E-state index contributed by atoms with van der Waals surface area (Å²) in [5, 5.41) is 11.9. The maximum absolute atomic E-state index is 12.0. The van der Waals surface area contributed by atoms with Gasteiger partial charge in [0.25, 0.3) is 0 Å². The molecule has 1 N–H and O–H groups in total. The summed E-state index contributed by atoms with van der Waals surface area (Å²) >= 11 is 0. The molecule has 6 nitrogen and oxygen atoms in total. The highest BCUT2D eigenvalue weighted by molar-refractivity contribution is 5.86. The Kier molecular flexibility index (Phi) is 6.08. The average Bonchev–Trinajstić information content (AvgIpc) is 2.66. The van der Waals surface area contributed by atoms with Crippen LogP contribution in [0.1, 0.15) is 11.6 Å². The van der Waals surface area contributed by atoms with E-state index < -0.39 is 12.0 Å². The SMILES string of the molecule is COCCN1CCN(C(C(=O)O)c2ccc3cc(OC)ccc3c2)CC1. The zero-order valence-electron chi connectivity index (χ0n) is 15.4. The third kappa shape index (κ3) is 4.15. The Balaban J connectivity index is 1.78. The van der Waals surface area contributed by atoms with Gasteiger partial charge in [0.05, 0.1) is 13.7 Å². The summed E-state index contributed by atoms with van der Waals surface area (Å²) in [4.78, 5) is 16.4. The summed E-state index contributed by atoms with van der Waals surface area (Å²) in [6.45, 7) is 4.79. The van der Waals surface area contributed by atoms with Gasteiger partial charge < -0.3 is 14.6 Å². The van der Waals surface area contributed by atoms with Crippen molar-refractivity contribution in [2.45, 2.75) is 6.04 Å². The Morgan fingerprint density at radius 3 is 2.42 bits per heavy atom. The van der Waals surface area contributed by atoms with E-state index in [0.29, 0.717) is 6.61 Å². The van der Waals surface area contributed by atoms with E-state index in [4.69, 9.17) is 9.47 Å². The number of methoxy groups -OCH3 is 2. The smallest absolute Gasteiger partial charge is 0.325 e. The molecule has 0 saturated carbocycles. The number of hydrogen-bond donors (Lipinski definition) is 1. The van der Waals surface area contributed by atoms with E-state index in [9.17, 15) is 9.90 Å². The monoisotopic (exact) mass is 358 g/mol. The lowest BCUT2D eigenvalue weighted by atomic mass is 10.00. The van der Waals surface area contributed by atoms with Crippen LogP contribution in [0.25, 0.3) is 10.8 Å². The normalized spacial score (nSPS) is 17.3. The van der Waals surface area contributed by atoms with Crippen molar-refractivity contribution in [2.75, 3.05) is 53.6 Å². The Morgan fingerprint density at radius 2 is 1.77 bits per heavy atom. The number of hydrogen-bond acceptors (Lipinski definition) is 5. The molecule has 1 atom stereocenters. The lowest BCUT2D eigenvalue weighted by molar-refractivity contribution is -0.144. The zero-order valence-corrected chi connectivity index (χ0v) is 15.4. The van der Waals surface area contributed by atoms with Crippen molar-refractivity contribution in [1.29, 1.82) is 0 Å². The van der Waals surface area contributed by atoms with Crippen LogP contribution in [0.2, 0.25) is 0 Å². The number of ether oxygens (including phenoxy) is 2. The highest BCUT2D eigenvalue weighted by Crippen LogP contribution is 2.28. The van der Waals surface area contributed by atoms with Crippen LogP contribution in [0.3, 0.4) is 0 Å². The van der Waals surface area contributed by atoms with Crippen LogP contribution in [-0.4, -0.2) is 74.4 Å². The molecule has 26 heavy (non-hydrogen) atoms. The molecule has 1 unspecified atom stereocenters. The molecule has 2 aromatic carbocycles. The van der Waals surface area contributed by atoms with Gasteiger partial charge in [0.1, 0.15) is 11.8 Å². The minimum absolute atomic E-state index is 0.619. The lowest BCUT2D eigenvalue weighted by Crippen LogP contribution is -2.49. The van der Waals surface area contributed by atoms with Gasteiger partial charge in [-0.05, 0) is 34.5 Å². The number of benzene rings is 2. The fourth-order valence-corrected chi connectivity index (χ4v) is 3.51. The summed E-state index contributed by atoms with van der Waals surface area (Å²) in [7, 11) is 3.34. The molecule has 0 aromatic heterocycles. The largest absolute Gasteiger partial charge is 0.497 e. The fourth-order valence-electron chi connectivity index (χ4n) is 3.51. The van der Waals surface area contributed by atoms with Gasteiger partial charge in [0.15, 0.2) is 0 Å². The van der Waals surface area contributed by atoms with Crippen LogP contribution in [0.5, 0.6) is 5.75 Å². The van der Waals surface area contributed by atoms with Gasteiger partial charge in [0, 0.05) is 39.8 Å². The van der Waals surface area contributed by atoms with E-state index in [1.54, 1.807) is 14.2 Å². The van der Waals surface area contributed by atoms with Crippen LogP contribution in [-0.2, 0) is 9.53 Å². The summed E-state index contributed by atoms with van der Waals surface area (Å²) in [5.74, 6) is -0.00424. The van der Waals surface area contributed by atoms with Gasteiger partial charge in [-0.15, -0.1) is 0 Å². The van der Waals surface area contributed by atoms with Crippen LogP contribution in [0, 0.1) is 0 Å². The Labute approximate surface area is 153 Å². The predicted octanol–water partition coefficient (Wildman–Crippen LogP) is 2.24. The minimum atomic E-state index is -0.803. The zero-order chi connectivity index (χ0) is 18.5. The van der Waals surface area contributed by atoms with Crippen LogP contribution in [0.15, 0.2) is 36.4 Å². The van der Waals surface area contributed by atoms with Gasteiger partial charge in [0.2, 0.25) is 0 Å². The molecule has 140 valence electrons. The van der Waals surface area contributed by atoms with Crippen molar-refractivity contribution in [3.63, 3.8) is 0 Å². The highest BCUT2D eigenvalue weighted by atomic mass is 16.5. The number of piperazine rings is 1. The first-order valence-electron chi connectivity index (χ1n) is 8.88.